The normalized spacial score (nSPS) is 14.1. The van der Waals surface area contributed by atoms with Gasteiger partial charge in [-0.3, -0.25) is 9.78 Å². The van der Waals surface area contributed by atoms with Gasteiger partial charge >= 0.3 is 5.97 Å². The molecule has 1 aliphatic rings. The quantitative estimate of drug-likeness (QED) is 0.515. The highest BCUT2D eigenvalue weighted by atomic mass is 16.5. The fourth-order valence-corrected chi connectivity index (χ4v) is 3.27. The standard InChI is InChI=1S/C19H13B3N2O4/c20-19(21,22)28-18(26)14-3-1-2-12-8-13(27-16(12)14)10-24-7-5-11-4-6-23-9-15(11)17(24)25/h1-4,6,8-9H,5,7,10H2. The first kappa shape index (κ1) is 18.4. The predicted octanol–water partition coefficient (Wildman–Crippen LogP) is 1.30. The second-order valence-electron chi connectivity index (χ2n) is 6.69. The van der Waals surface area contributed by atoms with Crippen LogP contribution < -0.4 is 0 Å². The molecule has 6 radical (unpaired) electrons. The Morgan fingerprint density at radius 1 is 1.29 bits per heavy atom. The summed E-state index contributed by atoms with van der Waals surface area (Å²) in [4.78, 5) is 30.7. The number of amides is 1. The van der Waals surface area contributed by atoms with Crippen molar-refractivity contribution >= 4 is 46.4 Å². The summed E-state index contributed by atoms with van der Waals surface area (Å²) in [7, 11) is 16.0. The molecule has 132 valence electrons. The number of furan rings is 1. The Hall–Kier alpha value is -2.96. The molecule has 0 saturated carbocycles. The van der Waals surface area contributed by atoms with E-state index in [0.717, 1.165) is 12.0 Å². The van der Waals surface area contributed by atoms with E-state index in [4.69, 9.17) is 32.7 Å². The number of carbonyl (C=O) groups is 2. The summed E-state index contributed by atoms with van der Waals surface area (Å²) in [6.07, 6.45) is 4.00. The van der Waals surface area contributed by atoms with Crippen LogP contribution in [0.25, 0.3) is 11.0 Å². The molecule has 4 rings (SSSR count). The van der Waals surface area contributed by atoms with Gasteiger partial charge in [-0.25, -0.2) is 4.79 Å². The fraction of sp³-hybridized carbons (Fsp3) is 0.211. The number of nitrogens with zero attached hydrogens (tertiary/aromatic N) is 2. The number of para-hydroxylation sites is 1. The molecule has 1 aliphatic heterocycles. The summed E-state index contributed by atoms with van der Waals surface area (Å²) < 4.78 is 10.7. The molecule has 6 nitrogen and oxygen atoms in total. The lowest BCUT2D eigenvalue weighted by atomic mass is 9.52. The molecular weight excluding hydrogens is 353 g/mol. The summed E-state index contributed by atoms with van der Waals surface area (Å²) in [5.74, 6) is -0.364. The minimum atomic E-state index is -2.09. The van der Waals surface area contributed by atoms with E-state index in [0.29, 0.717) is 28.8 Å². The van der Waals surface area contributed by atoms with E-state index >= 15 is 0 Å². The number of rotatable bonds is 4. The Morgan fingerprint density at radius 2 is 2.11 bits per heavy atom. The van der Waals surface area contributed by atoms with Gasteiger partial charge in [-0.05, 0) is 35.5 Å². The smallest absolute Gasteiger partial charge is 0.340 e. The van der Waals surface area contributed by atoms with E-state index in [9.17, 15) is 9.59 Å². The second kappa shape index (κ2) is 6.89. The number of esters is 1. The zero-order valence-electron chi connectivity index (χ0n) is 14.9. The number of ether oxygens (including phenoxy) is 1. The van der Waals surface area contributed by atoms with Crippen LogP contribution in [0.3, 0.4) is 0 Å². The Kier molecular flexibility index (Phi) is 4.53. The first-order valence-corrected chi connectivity index (χ1v) is 8.65. The Labute approximate surface area is 165 Å². The van der Waals surface area contributed by atoms with Crippen molar-refractivity contribution in [3.05, 3.63) is 65.2 Å². The molecule has 28 heavy (non-hydrogen) atoms. The SMILES string of the molecule is [B]C([B])([B])OC(=O)c1cccc2cc(CN3CCc4ccncc4C3=O)oc12. The van der Waals surface area contributed by atoms with Crippen LogP contribution in [-0.2, 0) is 17.7 Å². The molecule has 0 unspecified atom stereocenters. The zero-order valence-corrected chi connectivity index (χ0v) is 14.9. The van der Waals surface area contributed by atoms with Crippen LogP contribution in [0.1, 0.15) is 32.0 Å². The maximum atomic E-state index is 12.7. The van der Waals surface area contributed by atoms with Crippen molar-refractivity contribution < 1.29 is 18.7 Å². The van der Waals surface area contributed by atoms with Crippen LogP contribution in [0.15, 0.2) is 47.1 Å². The molecule has 0 aliphatic carbocycles. The first-order valence-electron chi connectivity index (χ1n) is 8.65. The molecule has 3 aromatic rings. The van der Waals surface area contributed by atoms with Crippen molar-refractivity contribution in [1.82, 2.24) is 9.88 Å². The van der Waals surface area contributed by atoms with Crippen molar-refractivity contribution in [1.29, 1.82) is 0 Å². The molecule has 0 atom stereocenters. The number of hydrogen-bond acceptors (Lipinski definition) is 5. The summed E-state index contributed by atoms with van der Waals surface area (Å²) in [5, 5.41) is -1.40. The highest BCUT2D eigenvalue weighted by molar-refractivity contribution is 6.58. The molecule has 1 aromatic carbocycles. The summed E-state index contributed by atoms with van der Waals surface area (Å²) in [5.41, 5.74) is 2.05. The average Bonchev–Trinajstić information content (AvgIpc) is 3.05. The Morgan fingerprint density at radius 3 is 2.89 bits per heavy atom. The third kappa shape index (κ3) is 3.57. The number of aromatic nitrogens is 1. The second-order valence-corrected chi connectivity index (χ2v) is 6.69. The van der Waals surface area contributed by atoms with E-state index in [-0.39, 0.29) is 18.0 Å². The number of carbonyl (C=O) groups excluding carboxylic acids is 2. The molecule has 0 spiro atoms. The van der Waals surface area contributed by atoms with Gasteiger partial charge in [0.2, 0.25) is 0 Å². The van der Waals surface area contributed by atoms with E-state index < -0.39 is 11.3 Å². The van der Waals surface area contributed by atoms with Crippen LogP contribution in [-0.4, -0.2) is 57.1 Å². The lowest BCUT2D eigenvalue weighted by Crippen LogP contribution is -2.37. The number of hydrogen-bond donors (Lipinski definition) is 0. The van der Waals surface area contributed by atoms with Crippen LogP contribution in [0.5, 0.6) is 0 Å². The van der Waals surface area contributed by atoms with Crippen LogP contribution in [0.2, 0.25) is 0 Å². The zero-order chi connectivity index (χ0) is 19.9. The Bertz CT molecular complexity index is 1070. The summed E-state index contributed by atoms with van der Waals surface area (Å²) >= 11 is 0. The van der Waals surface area contributed by atoms with Gasteiger partial charge in [0, 0.05) is 24.3 Å². The van der Waals surface area contributed by atoms with Crippen LogP contribution >= 0.6 is 0 Å². The summed E-state index contributed by atoms with van der Waals surface area (Å²) in [6.45, 7) is 0.836. The van der Waals surface area contributed by atoms with Gasteiger partial charge in [0.05, 0.1) is 12.1 Å². The van der Waals surface area contributed by atoms with Crippen molar-refractivity contribution in [3.8, 4) is 0 Å². The Balaban J connectivity index is 1.60. The number of benzene rings is 1. The minimum absolute atomic E-state index is 0.103. The van der Waals surface area contributed by atoms with Gasteiger partial charge in [0.1, 0.15) is 40.4 Å². The van der Waals surface area contributed by atoms with Gasteiger partial charge in [0.25, 0.3) is 5.91 Å². The molecule has 0 saturated heterocycles. The van der Waals surface area contributed by atoms with Crippen molar-refractivity contribution in [2.45, 2.75) is 18.3 Å². The minimum Gasteiger partial charge on any atom is -0.485 e. The molecule has 0 fully saturated rings. The predicted molar refractivity (Wildman–Crippen MR) is 104 cm³/mol. The first-order chi connectivity index (χ1) is 13.3. The molecule has 0 bridgehead atoms. The largest absolute Gasteiger partial charge is 0.485 e. The van der Waals surface area contributed by atoms with E-state index in [2.05, 4.69) is 4.98 Å². The van der Waals surface area contributed by atoms with Crippen LogP contribution in [0, 0.1) is 0 Å². The van der Waals surface area contributed by atoms with Gasteiger partial charge in [0.15, 0.2) is 0 Å². The third-order valence-corrected chi connectivity index (χ3v) is 4.51. The summed E-state index contributed by atoms with van der Waals surface area (Å²) in [6, 6.07) is 8.63. The van der Waals surface area contributed by atoms with Gasteiger partial charge in [-0.2, -0.15) is 0 Å². The maximum Gasteiger partial charge on any atom is 0.340 e. The molecular formula is C19H13B3N2O4. The van der Waals surface area contributed by atoms with Crippen molar-refractivity contribution in [2.24, 2.45) is 0 Å². The van der Waals surface area contributed by atoms with Gasteiger partial charge < -0.3 is 14.1 Å². The average molecular weight is 366 g/mol. The highest BCUT2D eigenvalue weighted by Gasteiger charge is 2.26. The van der Waals surface area contributed by atoms with Crippen molar-refractivity contribution in [3.63, 3.8) is 0 Å². The van der Waals surface area contributed by atoms with E-state index in [1.807, 2.05) is 6.07 Å². The van der Waals surface area contributed by atoms with E-state index in [1.165, 1.54) is 6.07 Å². The molecule has 9 heteroatoms. The molecule has 1 amide bonds. The third-order valence-electron chi connectivity index (χ3n) is 4.51. The monoisotopic (exact) mass is 366 g/mol. The van der Waals surface area contributed by atoms with E-state index in [1.54, 1.807) is 35.5 Å². The maximum absolute atomic E-state index is 12.7. The number of fused-ring (bicyclic) bond motifs is 2. The lowest BCUT2D eigenvalue weighted by molar-refractivity contribution is 0.0489. The van der Waals surface area contributed by atoms with Crippen molar-refractivity contribution in [2.75, 3.05) is 6.54 Å². The number of pyridine rings is 1. The lowest BCUT2D eigenvalue weighted by Gasteiger charge is -2.27. The van der Waals surface area contributed by atoms with Gasteiger partial charge in [-0.1, -0.05) is 12.1 Å². The highest BCUT2D eigenvalue weighted by Crippen LogP contribution is 2.27. The fourth-order valence-electron chi connectivity index (χ4n) is 3.27. The molecule has 2 aromatic heterocycles. The van der Waals surface area contributed by atoms with Gasteiger partial charge in [-0.15, -0.1) is 0 Å². The van der Waals surface area contributed by atoms with Crippen LogP contribution in [0.4, 0.5) is 0 Å². The molecule has 0 N–H and O–H groups in total. The topological polar surface area (TPSA) is 72.6 Å². The molecule has 3 heterocycles.